The van der Waals surface area contributed by atoms with E-state index in [0.717, 1.165) is 12.8 Å². The van der Waals surface area contributed by atoms with Crippen molar-refractivity contribution in [2.45, 2.75) is 37.8 Å². The van der Waals surface area contributed by atoms with Crippen molar-refractivity contribution in [3.05, 3.63) is 17.9 Å². The molecule has 1 aromatic heterocycles. The average molecular weight is 286 g/mol. The summed E-state index contributed by atoms with van der Waals surface area (Å²) < 4.78 is 32.1. The third kappa shape index (κ3) is 3.81. The normalized spacial score (nSPS) is 23.9. The Morgan fingerprint density at radius 1 is 1.37 bits per heavy atom. The quantitative estimate of drug-likeness (QED) is 0.835. The summed E-state index contributed by atoms with van der Waals surface area (Å²) in [6, 6.07) is 3.19. The lowest BCUT2D eigenvalue weighted by Gasteiger charge is -2.10. The summed E-state index contributed by atoms with van der Waals surface area (Å²) >= 11 is 0. The summed E-state index contributed by atoms with van der Waals surface area (Å²) in [7, 11) is -1.72. The highest BCUT2D eigenvalue weighted by molar-refractivity contribution is 7.89. The molecule has 0 saturated heterocycles. The second-order valence-corrected chi connectivity index (χ2v) is 7.09. The fraction of sp³-hybridized carbons (Fsp3) is 0.692. The number of hydrogen-bond donors (Lipinski definition) is 2. The maximum absolute atomic E-state index is 12.1. The van der Waals surface area contributed by atoms with Crippen LogP contribution in [0.2, 0.25) is 0 Å². The lowest BCUT2D eigenvalue weighted by Crippen LogP contribution is -2.28. The van der Waals surface area contributed by atoms with E-state index in [1.54, 1.807) is 13.1 Å². The molecule has 1 aromatic rings. The van der Waals surface area contributed by atoms with Gasteiger partial charge in [0.2, 0.25) is 5.09 Å². The van der Waals surface area contributed by atoms with Gasteiger partial charge in [0.25, 0.3) is 10.0 Å². The van der Waals surface area contributed by atoms with E-state index in [1.165, 1.54) is 12.5 Å². The molecular weight excluding hydrogens is 264 g/mol. The molecule has 2 rings (SSSR count). The summed E-state index contributed by atoms with van der Waals surface area (Å²) in [5, 5.41) is 2.92. The summed E-state index contributed by atoms with van der Waals surface area (Å²) in [5.41, 5.74) is 0. The molecule has 0 bridgehead atoms. The lowest BCUT2D eigenvalue weighted by molar-refractivity contribution is 0.402. The van der Waals surface area contributed by atoms with Gasteiger partial charge in [0.05, 0.1) is 6.54 Å². The molecule has 1 aliphatic carbocycles. The van der Waals surface area contributed by atoms with E-state index in [-0.39, 0.29) is 5.09 Å². The molecule has 5 nitrogen and oxygen atoms in total. The Morgan fingerprint density at radius 2 is 2.16 bits per heavy atom. The molecule has 0 aliphatic heterocycles. The van der Waals surface area contributed by atoms with Gasteiger partial charge in [-0.05, 0) is 43.9 Å². The van der Waals surface area contributed by atoms with Crippen LogP contribution >= 0.6 is 0 Å². The molecule has 1 heterocycles. The molecule has 0 spiro atoms. The van der Waals surface area contributed by atoms with Gasteiger partial charge in [-0.2, -0.15) is 0 Å². The van der Waals surface area contributed by atoms with Gasteiger partial charge in [-0.1, -0.05) is 13.3 Å². The van der Waals surface area contributed by atoms with E-state index in [2.05, 4.69) is 17.0 Å². The van der Waals surface area contributed by atoms with Crippen LogP contribution in [0.3, 0.4) is 0 Å². The Labute approximate surface area is 114 Å². The van der Waals surface area contributed by atoms with Gasteiger partial charge >= 0.3 is 0 Å². The Morgan fingerprint density at radius 3 is 2.79 bits per heavy atom. The largest absolute Gasteiger partial charge is 0.447 e. The van der Waals surface area contributed by atoms with Crippen molar-refractivity contribution >= 4 is 10.0 Å². The SMILES string of the molecule is CNCc1ccc(S(=O)(=O)NCC2CCC(C)C2)o1. The highest BCUT2D eigenvalue weighted by Gasteiger charge is 2.25. The Balaban J connectivity index is 1.93. The van der Waals surface area contributed by atoms with Crippen molar-refractivity contribution in [2.75, 3.05) is 13.6 Å². The minimum Gasteiger partial charge on any atom is -0.447 e. The van der Waals surface area contributed by atoms with Crippen LogP contribution in [0.15, 0.2) is 21.6 Å². The predicted molar refractivity (Wildman–Crippen MR) is 73.2 cm³/mol. The molecule has 0 aromatic carbocycles. The second-order valence-electron chi connectivity index (χ2n) is 5.39. The predicted octanol–water partition coefficient (Wildman–Crippen LogP) is 1.71. The molecule has 1 saturated carbocycles. The van der Waals surface area contributed by atoms with Crippen molar-refractivity contribution in [1.82, 2.24) is 10.0 Å². The van der Waals surface area contributed by atoms with Crippen LogP contribution in [0.25, 0.3) is 0 Å². The topological polar surface area (TPSA) is 71.3 Å². The van der Waals surface area contributed by atoms with E-state index in [9.17, 15) is 8.42 Å². The highest BCUT2D eigenvalue weighted by Crippen LogP contribution is 2.29. The van der Waals surface area contributed by atoms with Crippen LogP contribution in [-0.2, 0) is 16.6 Å². The Hall–Kier alpha value is -0.850. The molecule has 1 fully saturated rings. The molecular formula is C13H22N2O3S. The van der Waals surface area contributed by atoms with Crippen molar-refractivity contribution in [3.8, 4) is 0 Å². The van der Waals surface area contributed by atoms with E-state index >= 15 is 0 Å². The molecule has 0 radical (unpaired) electrons. The van der Waals surface area contributed by atoms with Crippen LogP contribution < -0.4 is 10.0 Å². The van der Waals surface area contributed by atoms with Crippen molar-refractivity contribution in [3.63, 3.8) is 0 Å². The smallest absolute Gasteiger partial charge is 0.273 e. The Kier molecular flexibility index (Phi) is 4.65. The van der Waals surface area contributed by atoms with Gasteiger partial charge in [0.15, 0.2) is 0 Å². The van der Waals surface area contributed by atoms with Crippen LogP contribution in [0.1, 0.15) is 31.9 Å². The minimum absolute atomic E-state index is 0.00351. The second kappa shape index (κ2) is 6.07. The molecule has 19 heavy (non-hydrogen) atoms. The van der Waals surface area contributed by atoms with Gasteiger partial charge < -0.3 is 9.73 Å². The zero-order valence-electron chi connectivity index (χ0n) is 11.5. The van der Waals surface area contributed by atoms with Crippen molar-refractivity contribution < 1.29 is 12.8 Å². The molecule has 108 valence electrons. The molecule has 0 amide bonds. The number of sulfonamides is 1. The van der Waals surface area contributed by atoms with E-state index in [4.69, 9.17) is 4.42 Å². The van der Waals surface area contributed by atoms with E-state index in [0.29, 0.717) is 30.7 Å². The van der Waals surface area contributed by atoms with Crippen LogP contribution in [0.5, 0.6) is 0 Å². The van der Waals surface area contributed by atoms with Gasteiger partial charge in [-0.15, -0.1) is 0 Å². The Bertz CT molecular complexity index is 510. The van der Waals surface area contributed by atoms with Gasteiger partial charge in [-0.25, -0.2) is 13.1 Å². The lowest BCUT2D eigenvalue weighted by atomic mass is 10.1. The zero-order chi connectivity index (χ0) is 13.9. The summed E-state index contributed by atoms with van der Waals surface area (Å²) in [6.45, 7) is 3.25. The summed E-state index contributed by atoms with van der Waals surface area (Å²) in [6.07, 6.45) is 3.40. The van der Waals surface area contributed by atoms with Gasteiger partial charge in [0, 0.05) is 6.54 Å². The fourth-order valence-electron chi connectivity index (χ4n) is 2.58. The number of hydrogen-bond acceptors (Lipinski definition) is 4. The number of nitrogens with one attached hydrogen (secondary N) is 2. The van der Waals surface area contributed by atoms with Crippen molar-refractivity contribution in [1.29, 1.82) is 0 Å². The van der Waals surface area contributed by atoms with Gasteiger partial charge in [0.1, 0.15) is 5.76 Å². The minimum atomic E-state index is -3.51. The zero-order valence-corrected chi connectivity index (χ0v) is 12.3. The molecule has 2 N–H and O–H groups in total. The standard InChI is InChI=1S/C13H22N2O3S/c1-10-3-4-11(7-10)8-15-19(16,17)13-6-5-12(18-13)9-14-2/h5-6,10-11,14-15H,3-4,7-9H2,1-2H3. The number of rotatable bonds is 6. The first-order valence-electron chi connectivity index (χ1n) is 6.74. The van der Waals surface area contributed by atoms with Crippen LogP contribution in [0.4, 0.5) is 0 Å². The van der Waals surface area contributed by atoms with Crippen LogP contribution in [-0.4, -0.2) is 22.0 Å². The summed E-state index contributed by atoms with van der Waals surface area (Å²) in [4.78, 5) is 0. The monoisotopic (exact) mass is 286 g/mol. The molecule has 1 aliphatic rings. The van der Waals surface area contributed by atoms with Crippen molar-refractivity contribution in [2.24, 2.45) is 11.8 Å². The number of furan rings is 1. The molecule has 6 heteroatoms. The average Bonchev–Trinajstić information content (AvgIpc) is 2.97. The third-order valence-electron chi connectivity index (χ3n) is 3.62. The first kappa shape index (κ1) is 14.6. The van der Waals surface area contributed by atoms with Gasteiger partial charge in [-0.3, -0.25) is 0 Å². The highest BCUT2D eigenvalue weighted by atomic mass is 32.2. The molecule has 2 unspecified atom stereocenters. The van der Waals surface area contributed by atoms with Crippen LogP contribution in [0, 0.1) is 11.8 Å². The first-order chi connectivity index (χ1) is 9.01. The molecule has 2 atom stereocenters. The van der Waals surface area contributed by atoms with E-state index in [1.807, 2.05) is 0 Å². The first-order valence-corrected chi connectivity index (χ1v) is 8.22. The maximum atomic E-state index is 12.1. The maximum Gasteiger partial charge on any atom is 0.273 e. The third-order valence-corrected chi connectivity index (χ3v) is 4.91. The summed E-state index contributed by atoms with van der Waals surface area (Å²) in [5.74, 6) is 1.79. The fourth-order valence-corrected chi connectivity index (χ4v) is 3.64. The van der Waals surface area contributed by atoms with E-state index < -0.39 is 10.0 Å².